The highest BCUT2D eigenvalue weighted by Gasteiger charge is 2.19. The summed E-state index contributed by atoms with van der Waals surface area (Å²) in [5.74, 6) is -0.00759. The van der Waals surface area contributed by atoms with Crippen LogP contribution in [-0.4, -0.2) is 48.6 Å². The number of ketones is 1. The number of amides is 1. The van der Waals surface area contributed by atoms with Crippen molar-refractivity contribution in [3.63, 3.8) is 0 Å². The molecule has 126 valence electrons. The Morgan fingerprint density at radius 3 is 2.48 bits per heavy atom. The van der Waals surface area contributed by atoms with Crippen LogP contribution in [0.1, 0.15) is 31.1 Å². The third kappa shape index (κ3) is 6.37. The molecule has 23 heavy (non-hydrogen) atoms. The van der Waals surface area contributed by atoms with E-state index in [4.69, 9.17) is 9.47 Å². The summed E-state index contributed by atoms with van der Waals surface area (Å²) >= 11 is 0. The van der Waals surface area contributed by atoms with Gasteiger partial charge in [0.1, 0.15) is 5.60 Å². The summed E-state index contributed by atoms with van der Waals surface area (Å²) in [5, 5.41) is 2.54. The zero-order valence-electron chi connectivity index (χ0n) is 14.3. The molecule has 0 spiro atoms. The van der Waals surface area contributed by atoms with Crippen molar-refractivity contribution in [2.24, 2.45) is 0 Å². The average Bonchev–Trinajstić information content (AvgIpc) is 2.43. The summed E-state index contributed by atoms with van der Waals surface area (Å²) in [6.07, 6.45) is 3.72. The predicted octanol–water partition coefficient (Wildman–Crippen LogP) is 2.70. The zero-order valence-corrected chi connectivity index (χ0v) is 14.3. The summed E-state index contributed by atoms with van der Waals surface area (Å²) < 4.78 is 10.2. The number of nitrogens with one attached hydrogen (secondary N) is 1. The second-order valence-corrected chi connectivity index (χ2v) is 6.04. The lowest BCUT2D eigenvalue weighted by molar-refractivity contribution is 0.0636. The summed E-state index contributed by atoms with van der Waals surface area (Å²) in [5.41, 5.74) is -0.117. The van der Waals surface area contributed by atoms with Crippen LogP contribution in [-0.2, 0) is 4.74 Å². The second-order valence-electron chi connectivity index (χ2n) is 6.04. The molecule has 0 aromatic carbocycles. The summed E-state index contributed by atoms with van der Waals surface area (Å²) in [6, 6.07) is 1.47. The van der Waals surface area contributed by atoms with Crippen molar-refractivity contribution in [1.82, 2.24) is 9.88 Å². The van der Waals surface area contributed by atoms with Gasteiger partial charge in [0.25, 0.3) is 0 Å². The smallest absolute Gasteiger partial charge is 0.412 e. The predicted molar refractivity (Wildman–Crippen MR) is 87.8 cm³/mol. The van der Waals surface area contributed by atoms with E-state index in [1.165, 1.54) is 25.4 Å². The molecule has 0 saturated heterocycles. The molecule has 1 amide bonds. The highest BCUT2D eigenvalue weighted by Crippen LogP contribution is 2.21. The van der Waals surface area contributed by atoms with Gasteiger partial charge in [0, 0.05) is 32.4 Å². The highest BCUT2D eigenvalue weighted by molar-refractivity contribution is 6.10. The lowest BCUT2D eigenvalue weighted by Gasteiger charge is -2.20. The fourth-order valence-electron chi connectivity index (χ4n) is 1.57. The van der Waals surface area contributed by atoms with Crippen molar-refractivity contribution in [3.8, 4) is 5.88 Å². The van der Waals surface area contributed by atoms with Crippen molar-refractivity contribution in [2.45, 2.75) is 26.4 Å². The van der Waals surface area contributed by atoms with Gasteiger partial charge in [-0.1, -0.05) is 0 Å². The Kier molecular flexibility index (Phi) is 6.12. The minimum atomic E-state index is -0.657. The van der Waals surface area contributed by atoms with E-state index in [9.17, 15) is 9.59 Å². The van der Waals surface area contributed by atoms with Crippen LogP contribution in [0.3, 0.4) is 0 Å². The highest BCUT2D eigenvalue weighted by atomic mass is 16.6. The SMILES string of the molecule is COc1cc(C(=O)/C=C/N(C)C)c(NC(=O)OC(C)(C)C)cn1. The molecule has 1 N–H and O–H groups in total. The molecule has 0 unspecified atom stereocenters. The van der Waals surface area contributed by atoms with Gasteiger partial charge in [0.2, 0.25) is 5.88 Å². The van der Waals surface area contributed by atoms with Gasteiger partial charge in [-0.2, -0.15) is 0 Å². The van der Waals surface area contributed by atoms with Crippen molar-refractivity contribution < 1.29 is 19.1 Å². The van der Waals surface area contributed by atoms with Gasteiger partial charge in [0.05, 0.1) is 24.6 Å². The van der Waals surface area contributed by atoms with E-state index in [1.807, 2.05) is 0 Å². The van der Waals surface area contributed by atoms with Crippen LogP contribution in [0, 0.1) is 0 Å². The molecule has 1 heterocycles. The number of carbonyl (C=O) groups is 2. The lowest BCUT2D eigenvalue weighted by Crippen LogP contribution is -2.27. The molecule has 1 aromatic rings. The molecule has 1 aromatic heterocycles. The van der Waals surface area contributed by atoms with Gasteiger partial charge in [-0.25, -0.2) is 9.78 Å². The first-order valence-electron chi connectivity index (χ1n) is 7.05. The molecule has 7 nitrogen and oxygen atoms in total. The van der Waals surface area contributed by atoms with Crippen LogP contribution in [0.5, 0.6) is 5.88 Å². The van der Waals surface area contributed by atoms with Crippen molar-refractivity contribution >= 4 is 17.6 Å². The third-order valence-corrected chi connectivity index (χ3v) is 2.51. The molecule has 0 radical (unpaired) electrons. The Morgan fingerprint density at radius 2 is 1.96 bits per heavy atom. The van der Waals surface area contributed by atoms with Crippen LogP contribution in [0.25, 0.3) is 0 Å². The number of anilines is 1. The molecule has 0 aliphatic rings. The van der Waals surface area contributed by atoms with Gasteiger partial charge in [-0.05, 0) is 20.8 Å². The first-order chi connectivity index (χ1) is 10.6. The Bertz CT molecular complexity index is 604. The molecule has 1 rings (SSSR count). The zero-order chi connectivity index (χ0) is 17.6. The fraction of sp³-hybridized carbons (Fsp3) is 0.438. The number of allylic oxidation sites excluding steroid dienone is 1. The van der Waals surface area contributed by atoms with E-state index in [2.05, 4.69) is 10.3 Å². The van der Waals surface area contributed by atoms with Gasteiger partial charge < -0.3 is 14.4 Å². The maximum atomic E-state index is 12.3. The number of pyridine rings is 1. The third-order valence-electron chi connectivity index (χ3n) is 2.51. The maximum Gasteiger partial charge on any atom is 0.412 e. The van der Waals surface area contributed by atoms with E-state index in [0.717, 1.165) is 0 Å². The molecular formula is C16H23N3O4. The normalized spacial score (nSPS) is 11.2. The standard InChI is InChI=1S/C16H23N3O4/c1-16(2,3)23-15(21)18-12-10-17-14(22-6)9-11(12)13(20)7-8-19(4)5/h7-10H,1-6H3,(H,18,21)/b8-7+. The molecular weight excluding hydrogens is 298 g/mol. The number of aromatic nitrogens is 1. The lowest BCUT2D eigenvalue weighted by atomic mass is 10.1. The second kappa shape index (κ2) is 7.62. The Hall–Kier alpha value is -2.57. The monoisotopic (exact) mass is 321 g/mol. The van der Waals surface area contributed by atoms with Crippen molar-refractivity contribution in [1.29, 1.82) is 0 Å². The van der Waals surface area contributed by atoms with E-state index < -0.39 is 11.7 Å². The van der Waals surface area contributed by atoms with Gasteiger partial charge in [0.15, 0.2) is 5.78 Å². The largest absolute Gasteiger partial charge is 0.481 e. The molecule has 7 heteroatoms. The minimum Gasteiger partial charge on any atom is -0.481 e. The van der Waals surface area contributed by atoms with Gasteiger partial charge >= 0.3 is 6.09 Å². The number of nitrogens with zero attached hydrogens (tertiary/aromatic N) is 2. The molecule has 0 atom stereocenters. The topological polar surface area (TPSA) is 80.8 Å². The van der Waals surface area contributed by atoms with E-state index in [-0.39, 0.29) is 22.9 Å². The van der Waals surface area contributed by atoms with Gasteiger partial charge in [-0.15, -0.1) is 0 Å². The molecule has 0 bridgehead atoms. The van der Waals surface area contributed by atoms with E-state index >= 15 is 0 Å². The van der Waals surface area contributed by atoms with Crippen LogP contribution >= 0.6 is 0 Å². The molecule has 0 aliphatic heterocycles. The molecule has 0 fully saturated rings. The molecule has 0 saturated carbocycles. The number of hydrogen-bond donors (Lipinski definition) is 1. The van der Waals surface area contributed by atoms with Crippen molar-refractivity contribution in [2.75, 3.05) is 26.5 Å². The summed E-state index contributed by atoms with van der Waals surface area (Å²) in [4.78, 5) is 29.9. The summed E-state index contributed by atoms with van der Waals surface area (Å²) in [6.45, 7) is 5.26. The Morgan fingerprint density at radius 1 is 1.30 bits per heavy atom. The first-order valence-corrected chi connectivity index (χ1v) is 7.05. The number of hydrogen-bond acceptors (Lipinski definition) is 6. The minimum absolute atomic E-state index is 0.258. The molecule has 0 aliphatic carbocycles. The van der Waals surface area contributed by atoms with Crippen LogP contribution in [0.2, 0.25) is 0 Å². The number of rotatable bonds is 5. The van der Waals surface area contributed by atoms with Crippen molar-refractivity contribution in [3.05, 3.63) is 30.1 Å². The van der Waals surface area contributed by atoms with E-state index in [0.29, 0.717) is 0 Å². The fourth-order valence-corrected chi connectivity index (χ4v) is 1.57. The Balaban J connectivity index is 3.07. The first kappa shape index (κ1) is 18.5. The summed E-state index contributed by atoms with van der Waals surface area (Å²) in [7, 11) is 5.06. The van der Waals surface area contributed by atoms with Crippen LogP contribution in [0.4, 0.5) is 10.5 Å². The van der Waals surface area contributed by atoms with Gasteiger partial charge in [-0.3, -0.25) is 10.1 Å². The number of carbonyl (C=O) groups excluding carboxylic acids is 2. The van der Waals surface area contributed by atoms with E-state index in [1.54, 1.807) is 46.0 Å². The van der Waals surface area contributed by atoms with Crippen LogP contribution < -0.4 is 10.1 Å². The average molecular weight is 321 g/mol. The number of ether oxygens (including phenoxy) is 2. The Labute approximate surface area is 136 Å². The van der Waals surface area contributed by atoms with Crippen LogP contribution in [0.15, 0.2) is 24.5 Å². The number of methoxy groups -OCH3 is 1. The maximum absolute atomic E-state index is 12.3. The quantitative estimate of drug-likeness (QED) is 0.663.